The standard InChI is InChI=1S/C22H16N4O/c1-15-24-20-13-17(22(27)25-18-7-5-6-16(12-18)14-23)10-11-21(20)26(15)19-8-3-2-4-9-19/h2-13H,1H3,(H,25,27). The highest BCUT2D eigenvalue weighted by molar-refractivity contribution is 6.06. The first kappa shape index (κ1) is 16.6. The van der Waals surface area contributed by atoms with Crippen molar-refractivity contribution < 1.29 is 4.79 Å². The minimum atomic E-state index is -0.237. The molecule has 0 unspecified atom stereocenters. The van der Waals surface area contributed by atoms with Gasteiger partial charge in [-0.3, -0.25) is 9.36 Å². The Morgan fingerprint density at radius 3 is 2.63 bits per heavy atom. The van der Waals surface area contributed by atoms with Crippen LogP contribution in [0.1, 0.15) is 21.7 Å². The SMILES string of the molecule is Cc1nc2cc(C(=O)Nc3cccc(C#N)c3)ccc2n1-c1ccccc1. The molecule has 5 heteroatoms. The van der Waals surface area contributed by atoms with Crippen molar-refractivity contribution in [2.75, 3.05) is 5.32 Å². The van der Waals surface area contributed by atoms with Gasteiger partial charge in [-0.1, -0.05) is 24.3 Å². The highest BCUT2D eigenvalue weighted by atomic mass is 16.1. The number of fused-ring (bicyclic) bond motifs is 1. The van der Waals surface area contributed by atoms with Gasteiger partial charge in [-0.05, 0) is 55.5 Å². The van der Waals surface area contributed by atoms with Crippen molar-refractivity contribution in [2.24, 2.45) is 0 Å². The number of nitrogens with one attached hydrogen (secondary N) is 1. The van der Waals surface area contributed by atoms with Gasteiger partial charge in [0.05, 0.1) is 22.7 Å². The zero-order valence-electron chi connectivity index (χ0n) is 14.7. The van der Waals surface area contributed by atoms with Crippen LogP contribution in [0.2, 0.25) is 0 Å². The van der Waals surface area contributed by atoms with Gasteiger partial charge >= 0.3 is 0 Å². The van der Waals surface area contributed by atoms with Gasteiger partial charge in [0.15, 0.2) is 0 Å². The Kier molecular flexibility index (Phi) is 4.15. The number of aryl methyl sites for hydroxylation is 1. The number of hydrogen-bond donors (Lipinski definition) is 1. The molecule has 4 rings (SSSR count). The molecule has 0 atom stereocenters. The third kappa shape index (κ3) is 3.16. The summed E-state index contributed by atoms with van der Waals surface area (Å²) in [5, 5.41) is 11.8. The number of para-hydroxylation sites is 1. The summed E-state index contributed by atoms with van der Waals surface area (Å²) in [6.07, 6.45) is 0. The van der Waals surface area contributed by atoms with Crippen molar-refractivity contribution in [1.82, 2.24) is 9.55 Å². The minimum absolute atomic E-state index is 0.237. The molecule has 27 heavy (non-hydrogen) atoms. The van der Waals surface area contributed by atoms with Gasteiger partial charge in [0, 0.05) is 16.9 Å². The zero-order valence-corrected chi connectivity index (χ0v) is 14.7. The smallest absolute Gasteiger partial charge is 0.255 e. The fourth-order valence-corrected chi connectivity index (χ4v) is 3.11. The number of imidazole rings is 1. The van der Waals surface area contributed by atoms with E-state index in [1.165, 1.54) is 0 Å². The fourth-order valence-electron chi connectivity index (χ4n) is 3.11. The molecular weight excluding hydrogens is 336 g/mol. The molecule has 0 aliphatic heterocycles. The third-order valence-electron chi connectivity index (χ3n) is 4.35. The van der Waals surface area contributed by atoms with Crippen molar-refractivity contribution in [2.45, 2.75) is 6.92 Å². The van der Waals surface area contributed by atoms with E-state index in [0.717, 1.165) is 22.5 Å². The first-order valence-corrected chi connectivity index (χ1v) is 8.52. The number of nitrogens with zero attached hydrogens (tertiary/aromatic N) is 3. The van der Waals surface area contributed by atoms with Crippen molar-refractivity contribution in [3.8, 4) is 11.8 Å². The van der Waals surface area contributed by atoms with E-state index in [9.17, 15) is 4.79 Å². The highest BCUT2D eigenvalue weighted by Gasteiger charge is 2.13. The number of anilines is 1. The Labute approximate surface area is 156 Å². The Morgan fingerprint density at radius 2 is 1.85 bits per heavy atom. The van der Waals surface area contributed by atoms with Gasteiger partial charge in [0.2, 0.25) is 0 Å². The normalized spacial score (nSPS) is 10.5. The Balaban J connectivity index is 1.68. The number of rotatable bonds is 3. The number of hydrogen-bond acceptors (Lipinski definition) is 3. The monoisotopic (exact) mass is 352 g/mol. The molecule has 3 aromatic carbocycles. The number of benzene rings is 3. The van der Waals surface area contributed by atoms with Gasteiger partial charge in [-0.25, -0.2) is 4.98 Å². The number of aromatic nitrogens is 2. The van der Waals surface area contributed by atoms with Crippen LogP contribution in [0.5, 0.6) is 0 Å². The second-order valence-electron chi connectivity index (χ2n) is 6.18. The van der Waals surface area contributed by atoms with Crippen LogP contribution in [0, 0.1) is 18.3 Å². The second-order valence-corrected chi connectivity index (χ2v) is 6.18. The lowest BCUT2D eigenvalue weighted by molar-refractivity contribution is 0.102. The first-order chi connectivity index (χ1) is 13.2. The van der Waals surface area contributed by atoms with Crippen LogP contribution in [0.25, 0.3) is 16.7 Å². The third-order valence-corrected chi connectivity index (χ3v) is 4.35. The fraction of sp³-hybridized carbons (Fsp3) is 0.0455. The molecule has 1 N–H and O–H groups in total. The second kappa shape index (κ2) is 6.77. The van der Waals surface area contributed by atoms with Crippen LogP contribution >= 0.6 is 0 Å². The van der Waals surface area contributed by atoms with Gasteiger partial charge < -0.3 is 5.32 Å². The maximum atomic E-state index is 12.6. The van der Waals surface area contributed by atoms with E-state index in [0.29, 0.717) is 16.8 Å². The quantitative estimate of drug-likeness (QED) is 0.592. The molecule has 1 amide bonds. The van der Waals surface area contributed by atoms with Crippen molar-refractivity contribution >= 4 is 22.6 Å². The van der Waals surface area contributed by atoms with E-state index in [1.54, 1.807) is 36.4 Å². The van der Waals surface area contributed by atoms with E-state index < -0.39 is 0 Å². The summed E-state index contributed by atoms with van der Waals surface area (Å²) in [5.74, 6) is 0.620. The van der Waals surface area contributed by atoms with Crippen molar-refractivity contribution in [3.63, 3.8) is 0 Å². The molecule has 0 radical (unpaired) electrons. The lowest BCUT2D eigenvalue weighted by atomic mass is 10.1. The lowest BCUT2D eigenvalue weighted by Gasteiger charge is -2.08. The summed E-state index contributed by atoms with van der Waals surface area (Å²) < 4.78 is 2.06. The molecular formula is C22H16N4O. The van der Waals surface area contributed by atoms with Crippen LogP contribution in [0.15, 0.2) is 72.8 Å². The highest BCUT2D eigenvalue weighted by Crippen LogP contribution is 2.23. The van der Waals surface area contributed by atoms with E-state index in [2.05, 4.69) is 20.9 Å². The van der Waals surface area contributed by atoms with Crippen LogP contribution in [-0.2, 0) is 0 Å². The summed E-state index contributed by atoms with van der Waals surface area (Å²) in [6.45, 7) is 1.94. The molecule has 1 heterocycles. The van der Waals surface area contributed by atoms with Crippen LogP contribution in [0.3, 0.4) is 0 Å². The maximum absolute atomic E-state index is 12.6. The van der Waals surface area contributed by atoms with Gasteiger partial charge in [-0.2, -0.15) is 5.26 Å². The average molecular weight is 352 g/mol. The Bertz CT molecular complexity index is 1190. The summed E-state index contributed by atoms with van der Waals surface area (Å²) in [7, 11) is 0. The number of nitriles is 1. The largest absolute Gasteiger partial charge is 0.322 e. The summed E-state index contributed by atoms with van der Waals surface area (Å²) in [6, 6.07) is 24.4. The zero-order chi connectivity index (χ0) is 18.8. The topological polar surface area (TPSA) is 70.7 Å². The predicted molar refractivity (Wildman–Crippen MR) is 105 cm³/mol. The molecule has 0 spiro atoms. The average Bonchev–Trinajstić information content (AvgIpc) is 3.03. The number of amides is 1. The van der Waals surface area contributed by atoms with Crippen LogP contribution in [-0.4, -0.2) is 15.5 Å². The van der Waals surface area contributed by atoms with Gasteiger partial charge in [-0.15, -0.1) is 0 Å². The molecule has 0 aliphatic rings. The molecule has 130 valence electrons. The molecule has 5 nitrogen and oxygen atoms in total. The minimum Gasteiger partial charge on any atom is -0.322 e. The molecule has 0 saturated carbocycles. The first-order valence-electron chi connectivity index (χ1n) is 8.52. The summed E-state index contributed by atoms with van der Waals surface area (Å²) >= 11 is 0. The molecule has 0 saturated heterocycles. The Hall–Kier alpha value is -3.91. The van der Waals surface area contributed by atoms with E-state index in [-0.39, 0.29) is 5.91 Å². The van der Waals surface area contributed by atoms with E-state index >= 15 is 0 Å². The molecule has 0 fully saturated rings. The maximum Gasteiger partial charge on any atom is 0.255 e. The van der Waals surface area contributed by atoms with Crippen LogP contribution < -0.4 is 5.32 Å². The summed E-state index contributed by atoms with van der Waals surface area (Å²) in [5.41, 5.74) is 4.34. The number of carbonyl (C=O) groups is 1. The molecule has 0 bridgehead atoms. The summed E-state index contributed by atoms with van der Waals surface area (Å²) in [4.78, 5) is 17.2. The van der Waals surface area contributed by atoms with E-state index in [4.69, 9.17) is 5.26 Å². The van der Waals surface area contributed by atoms with Gasteiger partial charge in [0.25, 0.3) is 5.91 Å². The Morgan fingerprint density at radius 1 is 1.04 bits per heavy atom. The molecule has 4 aromatic rings. The molecule has 1 aromatic heterocycles. The van der Waals surface area contributed by atoms with Crippen molar-refractivity contribution in [1.29, 1.82) is 5.26 Å². The van der Waals surface area contributed by atoms with E-state index in [1.807, 2.05) is 43.3 Å². The van der Waals surface area contributed by atoms with Crippen molar-refractivity contribution in [3.05, 3.63) is 89.7 Å². The predicted octanol–water partition coefficient (Wildman–Crippen LogP) is 4.46. The lowest BCUT2D eigenvalue weighted by Crippen LogP contribution is -2.11. The van der Waals surface area contributed by atoms with Crippen LogP contribution in [0.4, 0.5) is 5.69 Å². The van der Waals surface area contributed by atoms with Gasteiger partial charge in [0.1, 0.15) is 5.82 Å². The molecule has 0 aliphatic carbocycles. The number of carbonyl (C=O) groups excluding carboxylic acids is 1.